The third-order valence-electron chi connectivity index (χ3n) is 2.42. The molecule has 0 saturated carbocycles. The number of carbonyl (C=O) groups excluding carboxylic acids is 2. The van der Waals surface area contributed by atoms with E-state index in [1.54, 1.807) is 18.5 Å². The zero-order valence-corrected chi connectivity index (χ0v) is 9.91. The van der Waals surface area contributed by atoms with Crippen molar-refractivity contribution in [3.05, 3.63) is 17.0 Å². The van der Waals surface area contributed by atoms with Crippen LogP contribution >= 0.6 is 0 Å². The lowest BCUT2D eigenvalue weighted by molar-refractivity contribution is -0.121. The van der Waals surface area contributed by atoms with Crippen molar-refractivity contribution in [2.75, 3.05) is 6.54 Å². The second-order valence-electron chi connectivity index (χ2n) is 3.71. The van der Waals surface area contributed by atoms with Crippen LogP contribution in [0.25, 0.3) is 0 Å². The first kappa shape index (κ1) is 12.4. The first-order valence-corrected chi connectivity index (χ1v) is 5.36. The van der Waals surface area contributed by atoms with Gasteiger partial charge in [0.25, 0.3) is 0 Å². The smallest absolute Gasteiger partial charge is 0.241 e. The molecule has 1 aromatic heterocycles. The number of hydrogen-bond acceptors (Lipinski definition) is 3. The fourth-order valence-corrected chi connectivity index (χ4v) is 1.49. The summed E-state index contributed by atoms with van der Waals surface area (Å²) in [6, 6.07) is 0. The molecule has 0 aliphatic heterocycles. The van der Waals surface area contributed by atoms with Gasteiger partial charge in [-0.2, -0.15) is 5.10 Å². The molecule has 1 N–H and O–H groups in total. The number of nitrogens with zero attached hydrogens (tertiary/aromatic N) is 2. The molecule has 5 heteroatoms. The van der Waals surface area contributed by atoms with Gasteiger partial charge in [0.1, 0.15) is 6.54 Å². The van der Waals surface area contributed by atoms with Crippen LogP contribution in [0.4, 0.5) is 0 Å². The van der Waals surface area contributed by atoms with Crippen molar-refractivity contribution in [3.63, 3.8) is 0 Å². The minimum atomic E-state index is -0.0788. The highest BCUT2D eigenvalue weighted by Gasteiger charge is 2.12. The number of hydrogen-bond donors (Lipinski definition) is 1. The van der Waals surface area contributed by atoms with Crippen LogP contribution in [-0.4, -0.2) is 28.5 Å². The standard InChI is InChI=1S/C11H17N3O2/c1-4-5-12-11(16)6-14-9(3)10(7-15)8(2)13-14/h7H,4-6H2,1-3H3,(H,12,16). The Kier molecular flexibility index (Phi) is 4.22. The van der Waals surface area contributed by atoms with Crippen LogP contribution in [0.2, 0.25) is 0 Å². The second-order valence-corrected chi connectivity index (χ2v) is 3.71. The van der Waals surface area contributed by atoms with Crippen LogP contribution in [-0.2, 0) is 11.3 Å². The predicted octanol–water partition coefficient (Wildman–Crippen LogP) is 0.839. The summed E-state index contributed by atoms with van der Waals surface area (Å²) >= 11 is 0. The maximum absolute atomic E-state index is 11.5. The normalized spacial score (nSPS) is 10.2. The summed E-state index contributed by atoms with van der Waals surface area (Å²) in [4.78, 5) is 22.2. The molecule has 16 heavy (non-hydrogen) atoms. The van der Waals surface area contributed by atoms with Crippen molar-refractivity contribution in [3.8, 4) is 0 Å². The number of aromatic nitrogens is 2. The maximum Gasteiger partial charge on any atom is 0.241 e. The highest BCUT2D eigenvalue weighted by molar-refractivity contribution is 5.79. The number of nitrogens with one attached hydrogen (secondary N) is 1. The highest BCUT2D eigenvalue weighted by Crippen LogP contribution is 2.09. The molecule has 1 heterocycles. The van der Waals surface area contributed by atoms with Gasteiger partial charge in [-0.15, -0.1) is 0 Å². The van der Waals surface area contributed by atoms with Gasteiger partial charge >= 0.3 is 0 Å². The van der Waals surface area contributed by atoms with E-state index in [0.717, 1.165) is 18.4 Å². The van der Waals surface area contributed by atoms with E-state index in [1.807, 2.05) is 6.92 Å². The fourth-order valence-electron chi connectivity index (χ4n) is 1.49. The molecule has 0 spiro atoms. The summed E-state index contributed by atoms with van der Waals surface area (Å²) in [7, 11) is 0. The van der Waals surface area contributed by atoms with Crippen LogP contribution in [0.15, 0.2) is 0 Å². The Balaban J connectivity index is 2.74. The highest BCUT2D eigenvalue weighted by atomic mass is 16.2. The molecule has 0 radical (unpaired) electrons. The Labute approximate surface area is 94.8 Å². The Bertz CT molecular complexity index is 396. The average Bonchev–Trinajstić information content (AvgIpc) is 2.51. The Morgan fingerprint density at radius 2 is 2.19 bits per heavy atom. The molecule has 1 aromatic rings. The van der Waals surface area contributed by atoms with Crippen LogP contribution in [0, 0.1) is 13.8 Å². The molecule has 1 rings (SSSR count). The van der Waals surface area contributed by atoms with Crippen LogP contribution in [0.1, 0.15) is 35.1 Å². The molecule has 0 aliphatic carbocycles. The van der Waals surface area contributed by atoms with E-state index < -0.39 is 0 Å². The average molecular weight is 223 g/mol. The third kappa shape index (κ3) is 2.68. The van der Waals surface area contributed by atoms with Crippen molar-refractivity contribution in [1.82, 2.24) is 15.1 Å². The quantitative estimate of drug-likeness (QED) is 0.752. The van der Waals surface area contributed by atoms with Gasteiger partial charge in [-0.3, -0.25) is 14.3 Å². The van der Waals surface area contributed by atoms with E-state index in [0.29, 0.717) is 17.8 Å². The SMILES string of the molecule is CCCNC(=O)Cn1nc(C)c(C=O)c1C. The molecule has 0 atom stereocenters. The summed E-state index contributed by atoms with van der Waals surface area (Å²) in [6.07, 6.45) is 1.68. The van der Waals surface area contributed by atoms with E-state index >= 15 is 0 Å². The zero-order valence-electron chi connectivity index (χ0n) is 9.91. The molecule has 0 unspecified atom stereocenters. The third-order valence-corrected chi connectivity index (χ3v) is 2.42. The summed E-state index contributed by atoms with van der Waals surface area (Å²) in [5, 5.41) is 6.92. The minimum Gasteiger partial charge on any atom is -0.355 e. The zero-order chi connectivity index (χ0) is 12.1. The number of carbonyl (C=O) groups is 2. The molecular formula is C11H17N3O2. The molecule has 0 aliphatic rings. The Morgan fingerprint density at radius 3 is 2.69 bits per heavy atom. The van der Waals surface area contributed by atoms with Gasteiger partial charge in [0.2, 0.25) is 5.91 Å². The van der Waals surface area contributed by atoms with E-state index in [2.05, 4.69) is 10.4 Å². The van der Waals surface area contributed by atoms with Crippen molar-refractivity contribution in [1.29, 1.82) is 0 Å². The van der Waals surface area contributed by atoms with Gasteiger partial charge in [0.15, 0.2) is 6.29 Å². The molecule has 0 aromatic carbocycles. The lowest BCUT2D eigenvalue weighted by Crippen LogP contribution is -2.28. The number of aldehydes is 1. The van der Waals surface area contributed by atoms with E-state index in [4.69, 9.17) is 0 Å². The maximum atomic E-state index is 11.5. The van der Waals surface area contributed by atoms with Crippen LogP contribution in [0.5, 0.6) is 0 Å². The van der Waals surface area contributed by atoms with E-state index in [-0.39, 0.29) is 12.5 Å². The monoisotopic (exact) mass is 223 g/mol. The lowest BCUT2D eigenvalue weighted by Gasteiger charge is -2.05. The summed E-state index contributed by atoms with van der Waals surface area (Å²) in [6.45, 7) is 6.38. The first-order valence-electron chi connectivity index (χ1n) is 5.36. The lowest BCUT2D eigenvalue weighted by atomic mass is 10.2. The fraction of sp³-hybridized carbons (Fsp3) is 0.545. The first-order chi connectivity index (χ1) is 7.60. The molecule has 88 valence electrons. The summed E-state index contributed by atoms with van der Waals surface area (Å²) < 4.78 is 1.56. The van der Waals surface area contributed by atoms with E-state index in [1.165, 1.54) is 0 Å². The van der Waals surface area contributed by atoms with Gasteiger partial charge in [-0.05, 0) is 20.3 Å². The largest absolute Gasteiger partial charge is 0.355 e. The van der Waals surface area contributed by atoms with Gasteiger partial charge < -0.3 is 5.32 Å². The molecular weight excluding hydrogens is 206 g/mol. The molecule has 0 fully saturated rings. The van der Waals surface area contributed by atoms with E-state index in [9.17, 15) is 9.59 Å². The molecule has 0 saturated heterocycles. The van der Waals surface area contributed by atoms with Crippen LogP contribution in [0.3, 0.4) is 0 Å². The molecule has 5 nitrogen and oxygen atoms in total. The van der Waals surface area contributed by atoms with Gasteiger partial charge in [-0.1, -0.05) is 6.92 Å². The predicted molar refractivity (Wildman–Crippen MR) is 60.4 cm³/mol. The van der Waals surface area contributed by atoms with Crippen molar-refractivity contribution < 1.29 is 9.59 Å². The van der Waals surface area contributed by atoms with Crippen molar-refractivity contribution in [2.24, 2.45) is 0 Å². The summed E-state index contributed by atoms with van der Waals surface area (Å²) in [5.74, 6) is -0.0788. The Morgan fingerprint density at radius 1 is 1.50 bits per heavy atom. The minimum absolute atomic E-state index is 0.0788. The van der Waals surface area contributed by atoms with Gasteiger partial charge in [0, 0.05) is 12.2 Å². The van der Waals surface area contributed by atoms with Crippen molar-refractivity contribution in [2.45, 2.75) is 33.7 Å². The molecule has 1 amide bonds. The number of rotatable bonds is 5. The number of amides is 1. The Hall–Kier alpha value is -1.65. The topological polar surface area (TPSA) is 64.0 Å². The number of aryl methyl sites for hydroxylation is 1. The van der Waals surface area contributed by atoms with Crippen molar-refractivity contribution >= 4 is 12.2 Å². The second kappa shape index (κ2) is 5.44. The van der Waals surface area contributed by atoms with Crippen LogP contribution < -0.4 is 5.32 Å². The molecule has 0 bridgehead atoms. The summed E-state index contributed by atoms with van der Waals surface area (Å²) in [5.41, 5.74) is 1.97. The van der Waals surface area contributed by atoms with Gasteiger partial charge in [0.05, 0.1) is 11.3 Å². The van der Waals surface area contributed by atoms with Gasteiger partial charge in [-0.25, -0.2) is 0 Å².